The van der Waals surface area contributed by atoms with Gasteiger partial charge in [-0.2, -0.15) is 0 Å². The Balaban J connectivity index is 2.09. The standard InChI is InChI=1S/C16H24N2O2/c1-3-16(2,12-17)15(19)18-9-10-20-14(11-18)13-7-5-4-6-8-13/h4-8,14H,3,9-12,17H2,1-2H3. The zero-order valence-corrected chi connectivity index (χ0v) is 12.3. The zero-order valence-electron chi connectivity index (χ0n) is 12.3. The lowest BCUT2D eigenvalue weighted by molar-refractivity contribution is -0.148. The Morgan fingerprint density at radius 3 is 2.75 bits per heavy atom. The maximum atomic E-state index is 12.6. The van der Waals surface area contributed by atoms with Crippen LogP contribution in [0, 0.1) is 5.41 Å². The highest BCUT2D eigenvalue weighted by Gasteiger charge is 2.36. The first kappa shape index (κ1) is 15.0. The molecule has 4 nitrogen and oxygen atoms in total. The summed E-state index contributed by atoms with van der Waals surface area (Å²) in [5, 5.41) is 0. The maximum Gasteiger partial charge on any atom is 0.229 e. The van der Waals surface area contributed by atoms with Crippen molar-refractivity contribution in [1.29, 1.82) is 0 Å². The molecule has 2 rings (SSSR count). The molecular formula is C16H24N2O2. The third-order valence-electron chi connectivity index (χ3n) is 4.27. The van der Waals surface area contributed by atoms with Crippen LogP contribution < -0.4 is 5.73 Å². The van der Waals surface area contributed by atoms with E-state index in [0.717, 1.165) is 12.0 Å². The summed E-state index contributed by atoms with van der Waals surface area (Å²) in [6.45, 7) is 6.18. The number of benzene rings is 1. The number of nitrogens with zero attached hydrogens (tertiary/aromatic N) is 1. The number of hydrogen-bond donors (Lipinski definition) is 1. The lowest BCUT2D eigenvalue weighted by Crippen LogP contribution is -2.50. The van der Waals surface area contributed by atoms with Crippen molar-refractivity contribution >= 4 is 5.91 Å². The molecule has 0 aliphatic carbocycles. The SMILES string of the molecule is CCC(C)(CN)C(=O)N1CCOC(c2ccccc2)C1. The number of ether oxygens (including phenoxy) is 1. The van der Waals surface area contributed by atoms with E-state index in [-0.39, 0.29) is 12.0 Å². The van der Waals surface area contributed by atoms with E-state index in [0.29, 0.717) is 26.2 Å². The van der Waals surface area contributed by atoms with Gasteiger partial charge < -0.3 is 15.4 Å². The predicted octanol–water partition coefficient (Wildman–Crippen LogP) is 1.96. The number of morpholine rings is 1. The highest BCUT2D eigenvalue weighted by molar-refractivity contribution is 5.82. The van der Waals surface area contributed by atoms with Gasteiger partial charge in [0.15, 0.2) is 0 Å². The van der Waals surface area contributed by atoms with Crippen LogP contribution in [-0.4, -0.2) is 37.0 Å². The molecule has 20 heavy (non-hydrogen) atoms. The number of rotatable bonds is 4. The molecule has 2 atom stereocenters. The topological polar surface area (TPSA) is 55.6 Å². The normalized spacial score (nSPS) is 22.4. The molecule has 2 unspecified atom stereocenters. The van der Waals surface area contributed by atoms with Crippen molar-refractivity contribution in [2.24, 2.45) is 11.1 Å². The van der Waals surface area contributed by atoms with Crippen LogP contribution in [0.3, 0.4) is 0 Å². The van der Waals surface area contributed by atoms with Gasteiger partial charge in [-0.3, -0.25) is 4.79 Å². The first-order chi connectivity index (χ1) is 9.60. The molecule has 2 N–H and O–H groups in total. The second kappa shape index (κ2) is 6.37. The average molecular weight is 276 g/mol. The molecule has 0 saturated carbocycles. The molecule has 1 fully saturated rings. The first-order valence-electron chi connectivity index (χ1n) is 7.26. The molecule has 1 aromatic carbocycles. The number of amides is 1. The van der Waals surface area contributed by atoms with E-state index >= 15 is 0 Å². The lowest BCUT2D eigenvalue weighted by Gasteiger charge is -2.38. The molecule has 4 heteroatoms. The Morgan fingerprint density at radius 2 is 2.15 bits per heavy atom. The van der Waals surface area contributed by atoms with Crippen LogP contribution in [0.5, 0.6) is 0 Å². The minimum absolute atomic E-state index is 0.0345. The third kappa shape index (κ3) is 3.02. The van der Waals surface area contributed by atoms with E-state index < -0.39 is 5.41 Å². The van der Waals surface area contributed by atoms with Gasteiger partial charge in [-0.05, 0) is 18.9 Å². The van der Waals surface area contributed by atoms with Gasteiger partial charge in [0.05, 0.1) is 18.6 Å². The summed E-state index contributed by atoms with van der Waals surface area (Å²) in [4.78, 5) is 14.5. The summed E-state index contributed by atoms with van der Waals surface area (Å²) in [5.41, 5.74) is 6.45. The number of carbonyl (C=O) groups is 1. The summed E-state index contributed by atoms with van der Waals surface area (Å²) < 4.78 is 5.80. The van der Waals surface area contributed by atoms with Crippen LogP contribution in [0.15, 0.2) is 30.3 Å². The van der Waals surface area contributed by atoms with Crippen molar-refractivity contribution in [3.63, 3.8) is 0 Å². The third-order valence-corrected chi connectivity index (χ3v) is 4.27. The molecule has 0 spiro atoms. The summed E-state index contributed by atoms with van der Waals surface area (Å²) >= 11 is 0. The fraction of sp³-hybridized carbons (Fsp3) is 0.562. The van der Waals surface area contributed by atoms with E-state index in [4.69, 9.17) is 10.5 Å². The van der Waals surface area contributed by atoms with Crippen LogP contribution in [0.1, 0.15) is 31.9 Å². The highest BCUT2D eigenvalue weighted by atomic mass is 16.5. The van der Waals surface area contributed by atoms with Crippen molar-refractivity contribution in [2.75, 3.05) is 26.2 Å². The average Bonchev–Trinajstić information content (AvgIpc) is 2.54. The largest absolute Gasteiger partial charge is 0.370 e. The molecule has 0 aromatic heterocycles. The minimum Gasteiger partial charge on any atom is -0.370 e. The van der Waals surface area contributed by atoms with E-state index in [9.17, 15) is 4.79 Å². The summed E-state index contributed by atoms with van der Waals surface area (Å²) in [6.07, 6.45) is 0.725. The summed E-state index contributed by atoms with van der Waals surface area (Å²) in [7, 11) is 0. The predicted molar refractivity (Wildman–Crippen MR) is 79.2 cm³/mol. The summed E-state index contributed by atoms with van der Waals surface area (Å²) in [5.74, 6) is 0.145. The van der Waals surface area contributed by atoms with Gasteiger partial charge >= 0.3 is 0 Å². The first-order valence-corrected chi connectivity index (χ1v) is 7.26. The van der Waals surface area contributed by atoms with Crippen LogP contribution in [0.2, 0.25) is 0 Å². The Kier molecular flexibility index (Phi) is 4.78. The van der Waals surface area contributed by atoms with E-state index in [2.05, 4.69) is 0 Å². The number of nitrogens with two attached hydrogens (primary N) is 1. The van der Waals surface area contributed by atoms with Crippen molar-refractivity contribution in [3.05, 3.63) is 35.9 Å². The lowest BCUT2D eigenvalue weighted by atomic mass is 9.85. The fourth-order valence-electron chi connectivity index (χ4n) is 2.47. The quantitative estimate of drug-likeness (QED) is 0.914. The zero-order chi connectivity index (χ0) is 14.6. The van der Waals surface area contributed by atoms with Crippen molar-refractivity contribution in [3.8, 4) is 0 Å². The van der Waals surface area contributed by atoms with Crippen molar-refractivity contribution < 1.29 is 9.53 Å². The molecule has 110 valence electrons. The van der Waals surface area contributed by atoms with Gasteiger partial charge in [0, 0.05) is 13.1 Å². The monoisotopic (exact) mass is 276 g/mol. The van der Waals surface area contributed by atoms with Crippen LogP contribution in [0.4, 0.5) is 0 Å². The van der Waals surface area contributed by atoms with Crippen LogP contribution in [-0.2, 0) is 9.53 Å². The van der Waals surface area contributed by atoms with Gasteiger partial charge in [-0.1, -0.05) is 37.3 Å². The second-order valence-electron chi connectivity index (χ2n) is 5.64. The number of hydrogen-bond acceptors (Lipinski definition) is 3. The van der Waals surface area contributed by atoms with Gasteiger partial charge in [0.1, 0.15) is 6.10 Å². The Morgan fingerprint density at radius 1 is 1.45 bits per heavy atom. The van der Waals surface area contributed by atoms with E-state index in [1.807, 2.05) is 49.1 Å². The van der Waals surface area contributed by atoms with Gasteiger partial charge in [0.25, 0.3) is 0 Å². The van der Waals surface area contributed by atoms with E-state index in [1.54, 1.807) is 0 Å². The molecule has 1 aliphatic rings. The van der Waals surface area contributed by atoms with E-state index in [1.165, 1.54) is 0 Å². The fourth-order valence-corrected chi connectivity index (χ4v) is 2.47. The second-order valence-corrected chi connectivity index (χ2v) is 5.64. The molecule has 1 aromatic rings. The Hall–Kier alpha value is -1.39. The van der Waals surface area contributed by atoms with Crippen molar-refractivity contribution in [1.82, 2.24) is 4.90 Å². The summed E-state index contributed by atoms with van der Waals surface area (Å²) in [6, 6.07) is 10.1. The Labute approximate surface area is 120 Å². The Bertz CT molecular complexity index is 443. The van der Waals surface area contributed by atoms with Gasteiger partial charge in [-0.15, -0.1) is 0 Å². The van der Waals surface area contributed by atoms with Gasteiger partial charge in [0.2, 0.25) is 5.91 Å². The van der Waals surface area contributed by atoms with Gasteiger partial charge in [-0.25, -0.2) is 0 Å². The van der Waals surface area contributed by atoms with Crippen LogP contribution in [0.25, 0.3) is 0 Å². The smallest absolute Gasteiger partial charge is 0.229 e. The minimum atomic E-state index is -0.460. The molecule has 1 saturated heterocycles. The molecule has 1 amide bonds. The van der Waals surface area contributed by atoms with Crippen molar-refractivity contribution in [2.45, 2.75) is 26.4 Å². The molecule has 0 bridgehead atoms. The van der Waals surface area contributed by atoms with Crippen LogP contribution >= 0.6 is 0 Å². The molecule has 0 radical (unpaired) electrons. The number of carbonyl (C=O) groups excluding carboxylic acids is 1. The molecular weight excluding hydrogens is 252 g/mol. The molecule has 1 aliphatic heterocycles. The highest BCUT2D eigenvalue weighted by Crippen LogP contribution is 2.27. The maximum absolute atomic E-state index is 12.6. The molecule has 1 heterocycles.